The van der Waals surface area contributed by atoms with E-state index in [4.69, 9.17) is 10.2 Å². The largest absolute Gasteiger partial charge is 0.469 e. The molecule has 2 rings (SSSR count). The second-order valence-electron chi connectivity index (χ2n) is 4.58. The van der Waals surface area contributed by atoms with Crippen LogP contribution in [0.2, 0.25) is 0 Å². The molecule has 1 heterocycles. The molecule has 0 aliphatic heterocycles. The fraction of sp³-hybridized carbons (Fsp3) is 0.333. The highest BCUT2D eigenvalue weighted by atomic mass is 16.3. The summed E-state index contributed by atoms with van der Waals surface area (Å²) in [5, 5.41) is 0. The van der Waals surface area contributed by atoms with Crippen LogP contribution in [0.5, 0.6) is 0 Å². The van der Waals surface area contributed by atoms with Crippen molar-refractivity contribution in [2.75, 3.05) is 6.54 Å². The molecule has 0 spiro atoms. The zero-order valence-corrected chi connectivity index (χ0v) is 10.2. The Morgan fingerprint density at radius 2 is 2.06 bits per heavy atom. The standard InChI is InChI=1S/C15H19NO/c1-12-4-2-5-13(8-12)9-14(11-16)10-15-6-3-7-17-15/h2-8,14H,9-11,16H2,1H3. The van der Waals surface area contributed by atoms with Gasteiger partial charge in [-0.05, 0) is 43.5 Å². The third-order valence-corrected chi connectivity index (χ3v) is 3.01. The molecule has 0 amide bonds. The maximum Gasteiger partial charge on any atom is 0.104 e. The van der Waals surface area contributed by atoms with Gasteiger partial charge in [0.25, 0.3) is 0 Å². The number of benzene rings is 1. The van der Waals surface area contributed by atoms with E-state index in [0.717, 1.165) is 18.6 Å². The van der Waals surface area contributed by atoms with Crippen molar-refractivity contribution < 1.29 is 4.42 Å². The summed E-state index contributed by atoms with van der Waals surface area (Å²) in [4.78, 5) is 0. The quantitative estimate of drug-likeness (QED) is 0.856. The second kappa shape index (κ2) is 5.69. The SMILES string of the molecule is Cc1cccc(CC(CN)Cc2ccco2)c1. The van der Waals surface area contributed by atoms with Gasteiger partial charge in [-0.25, -0.2) is 0 Å². The molecular formula is C15H19NO. The van der Waals surface area contributed by atoms with Gasteiger partial charge in [0.05, 0.1) is 6.26 Å². The molecule has 0 radical (unpaired) electrons. The van der Waals surface area contributed by atoms with E-state index in [1.165, 1.54) is 11.1 Å². The first-order valence-electron chi connectivity index (χ1n) is 6.06. The number of hydrogen-bond acceptors (Lipinski definition) is 2. The Bertz CT molecular complexity index is 448. The Morgan fingerprint density at radius 3 is 2.71 bits per heavy atom. The molecular weight excluding hydrogens is 210 g/mol. The van der Waals surface area contributed by atoms with Gasteiger partial charge in [-0.3, -0.25) is 0 Å². The van der Waals surface area contributed by atoms with Gasteiger partial charge in [-0.2, -0.15) is 0 Å². The fourth-order valence-electron chi connectivity index (χ4n) is 2.12. The highest BCUT2D eigenvalue weighted by Gasteiger charge is 2.10. The van der Waals surface area contributed by atoms with Gasteiger partial charge in [-0.15, -0.1) is 0 Å². The molecule has 1 aromatic heterocycles. The predicted molar refractivity (Wildman–Crippen MR) is 69.8 cm³/mol. The van der Waals surface area contributed by atoms with Crippen LogP contribution in [-0.4, -0.2) is 6.54 Å². The van der Waals surface area contributed by atoms with Gasteiger partial charge >= 0.3 is 0 Å². The molecule has 2 N–H and O–H groups in total. The van der Waals surface area contributed by atoms with E-state index in [9.17, 15) is 0 Å². The lowest BCUT2D eigenvalue weighted by Crippen LogP contribution is -2.19. The Balaban J connectivity index is 2.00. The molecule has 0 bridgehead atoms. The normalized spacial score (nSPS) is 12.6. The van der Waals surface area contributed by atoms with Crippen molar-refractivity contribution >= 4 is 0 Å². The minimum atomic E-state index is 0.447. The zero-order valence-electron chi connectivity index (χ0n) is 10.2. The first-order valence-corrected chi connectivity index (χ1v) is 6.06. The summed E-state index contributed by atoms with van der Waals surface area (Å²) in [6.45, 7) is 2.81. The second-order valence-corrected chi connectivity index (χ2v) is 4.58. The van der Waals surface area contributed by atoms with Crippen molar-refractivity contribution in [2.24, 2.45) is 11.7 Å². The smallest absolute Gasteiger partial charge is 0.104 e. The Labute approximate surface area is 102 Å². The lowest BCUT2D eigenvalue weighted by atomic mass is 9.94. The first-order chi connectivity index (χ1) is 8.28. The molecule has 0 aliphatic carbocycles. The van der Waals surface area contributed by atoms with Gasteiger partial charge in [0.2, 0.25) is 0 Å². The minimum absolute atomic E-state index is 0.447. The molecule has 17 heavy (non-hydrogen) atoms. The summed E-state index contributed by atoms with van der Waals surface area (Å²) in [5.41, 5.74) is 8.49. The van der Waals surface area contributed by atoms with Crippen LogP contribution in [-0.2, 0) is 12.8 Å². The molecule has 2 aromatic rings. The van der Waals surface area contributed by atoms with Crippen LogP contribution in [0.1, 0.15) is 16.9 Å². The number of hydrogen-bond donors (Lipinski definition) is 1. The van der Waals surface area contributed by atoms with E-state index in [1.54, 1.807) is 6.26 Å². The van der Waals surface area contributed by atoms with E-state index in [2.05, 4.69) is 31.2 Å². The summed E-state index contributed by atoms with van der Waals surface area (Å²) >= 11 is 0. The lowest BCUT2D eigenvalue weighted by molar-refractivity contribution is 0.441. The molecule has 0 saturated heterocycles. The summed E-state index contributed by atoms with van der Waals surface area (Å²) in [6.07, 6.45) is 3.64. The summed E-state index contributed by atoms with van der Waals surface area (Å²) in [6, 6.07) is 12.6. The van der Waals surface area contributed by atoms with E-state index in [-0.39, 0.29) is 0 Å². The number of aryl methyl sites for hydroxylation is 1. The maximum atomic E-state index is 5.83. The van der Waals surface area contributed by atoms with Crippen LogP contribution in [0.25, 0.3) is 0 Å². The summed E-state index contributed by atoms with van der Waals surface area (Å²) < 4.78 is 5.37. The fourth-order valence-corrected chi connectivity index (χ4v) is 2.12. The number of furan rings is 1. The van der Waals surface area contributed by atoms with Crippen LogP contribution in [0.3, 0.4) is 0 Å². The van der Waals surface area contributed by atoms with Gasteiger partial charge in [-0.1, -0.05) is 29.8 Å². The topological polar surface area (TPSA) is 39.2 Å². The Hall–Kier alpha value is -1.54. The van der Waals surface area contributed by atoms with Crippen molar-refractivity contribution in [3.05, 3.63) is 59.5 Å². The molecule has 1 unspecified atom stereocenters. The Morgan fingerprint density at radius 1 is 1.18 bits per heavy atom. The van der Waals surface area contributed by atoms with Crippen molar-refractivity contribution in [2.45, 2.75) is 19.8 Å². The first kappa shape index (κ1) is 11.9. The number of rotatable bonds is 5. The van der Waals surface area contributed by atoms with Crippen LogP contribution in [0.4, 0.5) is 0 Å². The summed E-state index contributed by atoms with van der Waals surface area (Å²) in [7, 11) is 0. The van der Waals surface area contributed by atoms with Crippen molar-refractivity contribution in [1.29, 1.82) is 0 Å². The predicted octanol–water partition coefficient (Wildman–Crippen LogP) is 2.95. The minimum Gasteiger partial charge on any atom is -0.469 e. The average molecular weight is 229 g/mol. The average Bonchev–Trinajstić information content (AvgIpc) is 2.81. The molecule has 2 heteroatoms. The van der Waals surface area contributed by atoms with Crippen LogP contribution >= 0.6 is 0 Å². The van der Waals surface area contributed by atoms with Gasteiger partial charge in [0, 0.05) is 6.42 Å². The number of nitrogens with two attached hydrogens (primary N) is 1. The molecule has 0 saturated carbocycles. The van der Waals surface area contributed by atoms with Gasteiger partial charge in [0.15, 0.2) is 0 Å². The lowest BCUT2D eigenvalue weighted by Gasteiger charge is -2.13. The molecule has 0 aliphatic rings. The molecule has 1 aromatic carbocycles. The third-order valence-electron chi connectivity index (χ3n) is 3.01. The van der Waals surface area contributed by atoms with Crippen LogP contribution in [0, 0.1) is 12.8 Å². The van der Waals surface area contributed by atoms with E-state index < -0.39 is 0 Å². The third kappa shape index (κ3) is 3.46. The molecule has 2 nitrogen and oxygen atoms in total. The van der Waals surface area contributed by atoms with E-state index in [0.29, 0.717) is 12.5 Å². The molecule has 0 fully saturated rings. The van der Waals surface area contributed by atoms with Gasteiger partial charge in [0.1, 0.15) is 5.76 Å². The van der Waals surface area contributed by atoms with Crippen molar-refractivity contribution in [3.8, 4) is 0 Å². The monoisotopic (exact) mass is 229 g/mol. The van der Waals surface area contributed by atoms with Crippen LogP contribution < -0.4 is 5.73 Å². The zero-order chi connectivity index (χ0) is 12.1. The van der Waals surface area contributed by atoms with Gasteiger partial charge < -0.3 is 10.2 Å². The summed E-state index contributed by atoms with van der Waals surface area (Å²) in [5.74, 6) is 1.47. The molecule has 90 valence electrons. The van der Waals surface area contributed by atoms with E-state index in [1.807, 2.05) is 12.1 Å². The highest BCUT2D eigenvalue weighted by molar-refractivity contribution is 5.22. The van der Waals surface area contributed by atoms with Crippen molar-refractivity contribution in [3.63, 3.8) is 0 Å². The van der Waals surface area contributed by atoms with E-state index >= 15 is 0 Å². The van der Waals surface area contributed by atoms with Crippen molar-refractivity contribution in [1.82, 2.24) is 0 Å². The van der Waals surface area contributed by atoms with Crippen LogP contribution in [0.15, 0.2) is 47.1 Å². The molecule has 1 atom stereocenters. The Kier molecular flexibility index (Phi) is 3.99. The highest BCUT2D eigenvalue weighted by Crippen LogP contribution is 2.15. The maximum absolute atomic E-state index is 5.83.